The van der Waals surface area contributed by atoms with Crippen molar-refractivity contribution < 1.29 is 17.9 Å². The fraction of sp³-hybridized carbons (Fsp3) is 0.643. The van der Waals surface area contributed by atoms with E-state index in [1.165, 1.54) is 0 Å². The molecule has 1 heterocycles. The monoisotopic (exact) mass is 290 g/mol. The molecule has 0 spiro atoms. The van der Waals surface area contributed by atoms with Gasteiger partial charge in [-0.2, -0.15) is 13.2 Å². The van der Waals surface area contributed by atoms with Crippen LogP contribution < -0.4 is 10.1 Å². The molecule has 0 aliphatic heterocycles. The van der Waals surface area contributed by atoms with Gasteiger partial charge in [-0.05, 0) is 39.8 Å². The number of nitrogens with zero attached hydrogens (tertiary/aromatic N) is 1. The van der Waals surface area contributed by atoms with Gasteiger partial charge in [0.15, 0.2) is 0 Å². The van der Waals surface area contributed by atoms with Gasteiger partial charge < -0.3 is 10.1 Å². The van der Waals surface area contributed by atoms with Crippen molar-refractivity contribution in [2.75, 3.05) is 6.61 Å². The summed E-state index contributed by atoms with van der Waals surface area (Å²) in [5.74, 6) is 0.400. The summed E-state index contributed by atoms with van der Waals surface area (Å²) in [5.41, 5.74) is 1.33. The predicted molar refractivity (Wildman–Crippen MR) is 71.7 cm³/mol. The maximum absolute atomic E-state index is 12.1. The Balaban J connectivity index is 2.70. The first-order chi connectivity index (χ1) is 9.07. The SMILES string of the molecule is Cc1ccc(OCCC(F)(F)F)c(CNC(C)(C)C)n1. The number of ether oxygens (including phenoxy) is 1. The third-order valence-corrected chi connectivity index (χ3v) is 2.50. The van der Waals surface area contributed by atoms with Crippen LogP contribution in [-0.4, -0.2) is 23.3 Å². The summed E-state index contributed by atoms with van der Waals surface area (Å²) in [5, 5.41) is 3.25. The Bertz CT molecular complexity index is 439. The normalized spacial score (nSPS) is 12.6. The van der Waals surface area contributed by atoms with Crippen LogP contribution in [0.4, 0.5) is 13.2 Å². The lowest BCUT2D eigenvalue weighted by molar-refractivity contribution is -0.139. The molecular weight excluding hydrogens is 269 g/mol. The minimum atomic E-state index is -4.21. The minimum absolute atomic E-state index is 0.103. The average molecular weight is 290 g/mol. The molecule has 1 aromatic rings. The van der Waals surface area contributed by atoms with Crippen molar-refractivity contribution in [2.24, 2.45) is 0 Å². The van der Waals surface area contributed by atoms with Gasteiger partial charge in [0.2, 0.25) is 0 Å². The smallest absolute Gasteiger partial charge is 0.392 e. The van der Waals surface area contributed by atoms with Crippen molar-refractivity contribution in [3.05, 3.63) is 23.5 Å². The zero-order valence-electron chi connectivity index (χ0n) is 12.3. The summed E-state index contributed by atoms with van der Waals surface area (Å²) in [6.45, 7) is 7.91. The van der Waals surface area contributed by atoms with Crippen molar-refractivity contribution in [3.63, 3.8) is 0 Å². The molecule has 6 heteroatoms. The third kappa shape index (κ3) is 6.75. The summed E-state index contributed by atoms with van der Waals surface area (Å²) >= 11 is 0. The number of hydrogen-bond acceptors (Lipinski definition) is 3. The van der Waals surface area contributed by atoms with E-state index < -0.39 is 19.2 Å². The largest absolute Gasteiger partial charge is 0.491 e. The van der Waals surface area contributed by atoms with Gasteiger partial charge in [-0.15, -0.1) is 0 Å². The van der Waals surface area contributed by atoms with E-state index in [0.29, 0.717) is 18.0 Å². The predicted octanol–water partition coefficient (Wildman–Crippen LogP) is 3.61. The topological polar surface area (TPSA) is 34.1 Å². The quantitative estimate of drug-likeness (QED) is 0.899. The van der Waals surface area contributed by atoms with Crippen LogP contribution in [0.25, 0.3) is 0 Å². The summed E-state index contributed by atoms with van der Waals surface area (Å²) in [4.78, 5) is 4.32. The van der Waals surface area contributed by atoms with Crippen molar-refractivity contribution in [3.8, 4) is 5.75 Å². The van der Waals surface area contributed by atoms with Crippen molar-refractivity contribution in [1.29, 1.82) is 0 Å². The van der Waals surface area contributed by atoms with Gasteiger partial charge in [-0.3, -0.25) is 4.98 Å². The highest BCUT2D eigenvalue weighted by Crippen LogP contribution is 2.22. The Kier molecular flexibility index (Phi) is 5.39. The second kappa shape index (κ2) is 6.43. The highest BCUT2D eigenvalue weighted by molar-refractivity contribution is 5.29. The van der Waals surface area contributed by atoms with Gasteiger partial charge >= 0.3 is 6.18 Å². The number of halogens is 3. The lowest BCUT2D eigenvalue weighted by atomic mass is 10.1. The first-order valence-corrected chi connectivity index (χ1v) is 6.48. The Morgan fingerprint density at radius 2 is 1.85 bits per heavy atom. The van der Waals surface area contributed by atoms with E-state index in [0.717, 1.165) is 5.69 Å². The zero-order valence-corrected chi connectivity index (χ0v) is 12.3. The van der Waals surface area contributed by atoms with E-state index in [-0.39, 0.29) is 5.54 Å². The maximum Gasteiger partial charge on any atom is 0.392 e. The third-order valence-electron chi connectivity index (χ3n) is 2.50. The lowest BCUT2D eigenvalue weighted by Gasteiger charge is -2.21. The van der Waals surface area contributed by atoms with Gasteiger partial charge in [0.05, 0.1) is 18.7 Å². The molecule has 114 valence electrons. The highest BCUT2D eigenvalue weighted by atomic mass is 19.4. The standard InChI is InChI=1S/C14H21F3N2O/c1-10-5-6-12(20-8-7-14(15,16)17)11(19-10)9-18-13(2,3)4/h5-6,18H,7-9H2,1-4H3. The van der Waals surface area contributed by atoms with Crippen molar-refractivity contribution in [1.82, 2.24) is 10.3 Å². The van der Waals surface area contributed by atoms with Crippen LogP contribution >= 0.6 is 0 Å². The second-order valence-electron chi connectivity index (χ2n) is 5.71. The number of aryl methyl sites for hydroxylation is 1. The van der Waals surface area contributed by atoms with Gasteiger partial charge in [-0.25, -0.2) is 0 Å². The molecule has 0 amide bonds. The molecule has 0 bridgehead atoms. The first-order valence-electron chi connectivity index (χ1n) is 6.48. The molecule has 0 aliphatic rings. The van der Waals surface area contributed by atoms with E-state index >= 15 is 0 Å². The molecule has 0 saturated carbocycles. The molecule has 0 aliphatic carbocycles. The molecule has 0 aromatic carbocycles. The zero-order chi connectivity index (χ0) is 15.4. The average Bonchev–Trinajstić information content (AvgIpc) is 2.26. The van der Waals surface area contributed by atoms with E-state index in [1.54, 1.807) is 12.1 Å². The lowest BCUT2D eigenvalue weighted by Crippen LogP contribution is -2.35. The van der Waals surface area contributed by atoms with Crippen LogP contribution in [0.2, 0.25) is 0 Å². The fourth-order valence-corrected chi connectivity index (χ4v) is 1.48. The second-order valence-corrected chi connectivity index (χ2v) is 5.71. The maximum atomic E-state index is 12.1. The summed E-state index contributed by atoms with van der Waals surface area (Å²) in [6, 6.07) is 3.39. The van der Waals surface area contributed by atoms with Gasteiger partial charge in [0, 0.05) is 17.8 Å². The minimum Gasteiger partial charge on any atom is -0.491 e. The van der Waals surface area contributed by atoms with E-state index in [2.05, 4.69) is 10.3 Å². The van der Waals surface area contributed by atoms with Crippen LogP contribution in [0.1, 0.15) is 38.6 Å². The number of alkyl halides is 3. The van der Waals surface area contributed by atoms with Gasteiger partial charge in [0.1, 0.15) is 5.75 Å². The highest BCUT2D eigenvalue weighted by Gasteiger charge is 2.27. The van der Waals surface area contributed by atoms with Crippen LogP contribution in [0.3, 0.4) is 0 Å². The van der Waals surface area contributed by atoms with E-state index in [9.17, 15) is 13.2 Å². The van der Waals surface area contributed by atoms with Crippen LogP contribution in [0, 0.1) is 6.92 Å². The number of aromatic nitrogens is 1. The van der Waals surface area contributed by atoms with E-state index in [4.69, 9.17) is 4.74 Å². The van der Waals surface area contributed by atoms with Crippen molar-refractivity contribution in [2.45, 2.75) is 52.4 Å². The molecule has 1 rings (SSSR count). The Labute approximate surface area is 117 Å². The molecule has 1 N–H and O–H groups in total. The van der Waals surface area contributed by atoms with Crippen LogP contribution in [-0.2, 0) is 6.54 Å². The van der Waals surface area contributed by atoms with Gasteiger partial charge in [0.25, 0.3) is 0 Å². The van der Waals surface area contributed by atoms with Gasteiger partial charge in [-0.1, -0.05) is 0 Å². The molecule has 1 aromatic heterocycles. The number of pyridine rings is 1. The van der Waals surface area contributed by atoms with Crippen molar-refractivity contribution >= 4 is 0 Å². The Morgan fingerprint density at radius 3 is 2.40 bits per heavy atom. The molecular formula is C14H21F3N2O. The number of hydrogen-bond donors (Lipinski definition) is 1. The Hall–Kier alpha value is -1.30. The summed E-state index contributed by atoms with van der Waals surface area (Å²) in [6.07, 6.45) is -5.17. The molecule has 0 atom stereocenters. The van der Waals surface area contributed by atoms with E-state index in [1.807, 2.05) is 27.7 Å². The van der Waals surface area contributed by atoms with Crippen LogP contribution in [0.5, 0.6) is 5.75 Å². The fourth-order valence-electron chi connectivity index (χ4n) is 1.48. The Morgan fingerprint density at radius 1 is 1.20 bits per heavy atom. The molecule has 20 heavy (non-hydrogen) atoms. The number of nitrogens with one attached hydrogen (secondary N) is 1. The molecule has 0 radical (unpaired) electrons. The molecule has 3 nitrogen and oxygen atoms in total. The van der Waals surface area contributed by atoms with Crippen LogP contribution in [0.15, 0.2) is 12.1 Å². The first kappa shape index (κ1) is 16.8. The summed E-state index contributed by atoms with van der Waals surface area (Å²) in [7, 11) is 0. The molecule has 0 unspecified atom stereocenters. The molecule has 0 saturated heterocycles. The number of rotatable bonds is 5. The summed E-state index contributed by atoms with van der Waals surface area (Å²) < 4.78 is 41.6. The molecule has 0 fully saturated rings.